The molecule has 1 saturated carbocycles. The zero-order valence-corrected chi connectivity index (χ0v) is 11.9. The van der Waals surface area contributed by atoms with Crippen molar-refractivity contribution in [3.8, 4) is 0 Å². The molecule has 108 valence electrons. The van der Waals surface area contributed by atoms with Crippen LogP contribution in [-0.2, 0) is 5.41 Å². The van der Waals surface area contributed by atoms with Gasteiger partial charge in [-0.05, 0) is 24.0 Å². The number of nitro groups is 1. The molecule has 0 N–H and O–H groups in total. The maximum Gasteiger partial charge on any atom is 0.213 e. The van der Waals surface area contributed by atoms with E-state index in [4.69, 9.17) is 0 Å². The second kappa shape index (κ2) is 5.68. The number of hydrogen-bond acceptors (Lipinski definition) is 2. The summed E-state index contributed by atoms with van der Waals surface area (Å²) in [6.07, 6.45) is 2.98. The monoisotopic (exact) mass is 281 g/mol. The van der Waals surface area contributed by atoms with Gasteiger partial charge < -0.3 is 0 Å². The molecule has 1 fully saturated rings. The van der Waals surface area contributed by atoms with E-state index in [-0.39, 0.29) is 16.4 Å². The SMILES string of the molecule is O=[N+]([O-])C1CCC(c2ccccc2)(c2ccccc2)CC1. The van der Waals surface area contributed by atoms with Crippen LogP contribution in [0.15, 0.2) is 60.7 Å². The van der Waals surface area contributed by atoms with Gasteiger partial charge in [0.1, 0.15) is 0 Å². The standard InChI is InChI=1S/C18H19NO2/c20-19(21)17-11-13-18(14-12-17,15-7-3-1-4-8-15)16-9-5-2-6-10-16/h1-10,17H,11-14H2. The fraction of sp³-hybridized carbons (Fsp3) is 0.333. The van der Waals surface area contributed by atoms with Crippen LogP contribution in [0, 0.1) is 10.1 Å². The van der Waals surface area contributed by atoms with Crippen LogP contribution in [0.1, 0.15) is 36.8 Å². The van der Waals surface area contributed by atoms with E-state index >= 15 is 0 Å². The van der Waals surface area contributed by atoms with Crippen LogP contribution >= 0.6 is 0 Å². The Balaban J connectivity index is 2.00. The zero-order valence-electron chi connectivity index (χ0n) is 11.9. The Labute approximate surface area is 124 Å². The maximum absolute atomic E-state index is 11.0. The van der Waals surface area contributed by atoms with Crippen LogP contribution in [0.25, 0.3) is 0 Å². The first kappa shape index (κ1) is 13.8. The third kappa shape index (κ3) is 2.56. The van der Waals surface area contributed by atoms with E-state index in [0.29, 0.717) is 12.8 Å². The molecule has 0 aromatic heterocycles. The molecule has 1 aliphatic carbocycles. The van der Waals surface area contributed by atoms with E-state index in [0.717, 1.165) is 12.8 Å². The molecule has 0 bridgehead atoms. The molecule has 0 amide bonds. The second-order valence-electron chi connectivity index (χ2n) is 5.83. The summed E-state index contributed by atoms with van der Waals surface area (Å²) in [5.74, 6) is 0. The van der Waals surface area contributed by atoms with E-state index in [1.807, 2.05) is 12.1 Å². The van der Waals surface area contributed by atoms with E-state index in [1.165, 1.54) is 11.1 Å². The van der Waals surface area contributed by atoms with Crippen molar-refractivity contribution < 1.29 is 4.92 Å². The summed E-state index contributed by atoms with van der Waals surface area (Å²) in [6.45, 7) is 0. The summed E-state index contributed by atoms with van der Waals surface area (Å²) in [5.41, 5.74) is 2.48. The largest absolute Gasteiger partial charge is 0.264 e. The Morgan fingerprint density at radius 2 is 1.29 bits per heavy atom. The predicted octanol–water partition coefficient (Wildman–Crippen LogP) is 4.19. The zero-order chi connectivity index (χ0) is 14.7. The first-order valence-corrected chi connectivity index (χ1v) is 7.47. The minimum absolute atomic E-state index is 0.0744. The molecule has 2 aromatic rings. The van der Waals surface area contributed by atoms with E-state index in [2.05, 4.69) is 48.5 Å². The van der Waals surface area contributed by atoms with E-state index in [1.54, 1.807) is 0 Å². The summed E-state index contributed by atoms with van der Waals surface area (Å²) in [5, 5.41) is 11.0. The molecule has 0 radical (unpaired) electrons. The van der Waals surface area contributed by atoms with Crippen molar-refractivity contribution in [3.63, 3.8) is 0 Å². The first-order chi connectivity index (χ1) is 10.2. The maximum atomic E-state index is 11.0. The summed E-state index contributed by atoms with van der Waals surface area (Å²) < 4.78 is 0. The normalized spacial score (nSPS) is 18.3. The van der Waals surface area contributed by atoms with Gasteiger partial charge in [0.15, 0.2) is 0 Å². The van der Waals surface area contributed by atoms with Gasteiger partial charge in [-0.15, -0.1) is 0 Å². The average molecular weight is 281 g/mol. The van der Waals surface area contributed by atoms with Crippen LogP contribution in [0.3, 0.4) is 0 Å². The van der Waals surface area contributed by atoms with Crippen molar-refractivity contribution in [2.24, 2.45) is 0 Å². The van der Waals surface area contributed by atoms with Crippen LogP contribution < -0.4 is 0 Å². The van der Waals surface area contributed by atoms with Crippen LogP contribution in [0.5, 0.6) is 0 Å². The summed E-state index contributed by atoms with van der Waals surface area (Å²) in [7, 11) is 0. The van der Waals surface area contributed by atoms with Gasteiger partial charge in [0.25, 0.3) is 0 Å². The lowest BCUT2D eigenvalue weighted by atomic mass is 9.64. The van der Waals surface area contributed by atoms with Crippen LogP contribution in [0.2, 0.25) is 0 Å². The lowest BCUT2D eigenvalue weighted by molar-refractivity contribution is -0.527. The molecule has 3 nitrogen and oxygen atoms in total. The van der Waals surface area contributed by atoms with Crippen molar-refractivity contribution in [1.82, 2.24) is 0 Å². The van der Waals surface area contributed by atoms with Gasteiger partial charge in [-0.2, -0.15) is 0 Å². The molecule has 0 atom stereocenters. The molecule has 1 aliphatic rings. The molecule has 0 spiro atoms. The molecule has 0 heterocycles. The molecule has 21 heavy (non-hydrogen) atoms. The van der Waals surface area contributed by atoms with Crippen molar-refractivity contribution >= 4 is 0 Å². The fourth-order valence-corrected chi connectivity index (χ4v) is 3.56. The molecule has 0 aliphatic heterocycles. The Kier molecular flexibility index (Phi) is 3.74. The highest BCUT2D eigenvalue weighted by atomic mass is 16.6. The smallest absolute Gasteiger partial charge is 0.213 e. The van der Waals surface area contributed by atoms with Crippen molar-refractivity contribution in [1.29, 1.82) is 0 Å². The van der Waals surface area contributed by atoms with Gasteiger partial charge in [-0.25, -0.2) is 0 Å². The van der Waals surface area contributed by atoms with Gasteiger partial charge in [0.05, 0.1) is 0 Å². The second-order valence-corrected chi connectivity index (χ2v) is 5.83. The van der Waals surface area contributed by atoms with Crippen LogP contribution in [-0.4, -0.2) is 11.0 Å². The summed E-state index contributed by atoms with van der Waals surface area (Å²) in [6, 6.07) is 20.5. The molecule has 0 unspecified atom stereocenters. The van der Waals surface area contributed by atoms with E-state index < -0.39 is 0 Å². The Morgan fingerprint density at radius 1 is 0.857 bits per heavy atom. The Morgan fingerprint density at radius 3 is 1.67 bits per heavy atom. The highest BCUT2D eigenvalue weighted by molar-refractivity contribution is 5.39. The number of rotatable bonds is 3. The van der Waals surface area contributed by atoms with Crippen molar-refractivity contribution in [3.05, 3.63) is 81.9 Å². The van der Waals surface area contributed by atoms with Crippen LogP contribution in [0.4, 0.5) is 0 Å². The number of nitrogens with zero attached hydrogens (tertiary/aromatic N) is 1. The molecule has 2 aromatic carbocycles. The predicted molar refractivity (Wildman–Crippen MR) is 82.9 cm³/mol. The summed E-state index contributed by atoms with van der Waals surface area (Å²) >= 11 is 0. The van der Waals surface area contributed by atoms with Gasteiger partial charge in [0.2, 0.25) is 6.04 Å². The molecular formula is C18H19NO2. The number of hydrogen-bond donors (Lipinski definition) is 0. The van der Waals surface area contributed by atoms with E-state index in [9.17, 15) is 10.1 Å². The molecule has 3 heteroatoms. The third-order valence-corrected chi connectivity index (χ3v) is 4.76. The highest BCUT2D eigenvalue weighted by Crippen LogP contribution is 2.45. The molecule has 3 rings (SSSR count). The van der Waals surface area contributed by atoms with Gasteiger partial charge >= 0.3 is 0 Å². The first-order valence-electron chi connectivity index (χ1n) is 7.47. The molecule has 0 saturated heterocycles. The summed E-state index contributed by atoms with van der Waals surface area (Å²) in [4.78, 5) is 10.9. The fourth-order valence-electron chi connectivity index (χ4n) is 3.56. The lowest BCUT2D eigenvalue weighted by Gasteiger charge is -2.39. The van der Waals surface area contributed by atoms with Gasteiger partial charge in [-0.1, -0.05) is 60.7 Å². The average Bonchev–Trinajstić information content (AvgIpc) is 2.56. The minimum Gasteiger partial charge on any atom is -0.264 e. The van der Waals surface area contributed by atoms with Gasteiger partial charge in [-0.3, -0.25) is 10.1 Å². The third-order valence-electron chi connectivity index (χ3n) is 4.76. The topological polar surface area (TPSA) is 43.1 Å². The highest BCUT2D eigenvalue weighted by Gasteiger charge is 2.41. The molecular weight excluding hydrogens is 262 g/mol. The quantitative estimate of drug-likeness (QED) is 0.625. The Bertz CT molecular complexity index is 560. The Hall–Kier alpha value is -2.16. The minimum atomic E-state index is -0.384. The van der Waals surface area contributed by atoms with Crippen molar-refractivity contribution in [2.75, 3.05) is 0 Å². The van der Waals surface area contributed by atoms with Gasteiger partial charge in [0, 0.05) is 23.2 Å². The number of benzene rings is 2. The van der Waals surface area contributed by atoms with Crippen molar-refractivity contribution in [2.45, 2.75) is 37.1 Å². The lowest BCUT2D eigenvalue weighted by Crippen LogP contribution is -2.37.